The monoisotopic (exact) mass is 496 g/mol. The molecule has 11 heteroatoms. The number of carbonyl (C=O) groups is 2. The lowest BCUT2D eigenvalue weighted by Gasteiger charge is -2.16. The van der Waals surface area contributed by atoms with Crippen molar-refractivity contribution in [3.8, 4) is 0 Å². The Morgan fingerprint density at radius 3 is 2.60 bits per heavy atom. The number of unbranched alkanes of at least 4 members (excludes halogenated alkanes) is 1. The fraction of sp³-hybridized carbons (Fsp3) is 0.292. The molecule has 182 valence electrons. The van der Waals surface area contributed by atoms with Gasteiger partial charge in [0.25, 0.3) is 5.56 Å². The van der Waals surface area contributed by atoms with Gasteiger partial charge in [0, 0.05) is 19.3 Å². The minimum Gasteiger partial charge on any atom is -0.336 e. The molecule has 0 saturated carbocycles. The van der Waals surface area contributed by atoms with E-state index in [1.807, 2.05) is 18.2 Å². The van der Waals surface area contributed by atoms with Gasteiger partial charge in [0.15, 0.2) is 5.16 Å². The number of hydrogen-bond donors (Lipinski definition) is 1. The SMILES string of the molecule is CCCCn1c(=O)c2ccccc2n2c(SCC(=O)N(C)CC(=O)Nc3ccc(F)cc3)nnc12. The summed E-state index contributed by atoms with van der Waals surface area (Å²) in [5, 5.41) is 12.2. The number of nitrogens with one attached hydrogen (secondary N) is 1. The molecule has 0 aliphatic heterocycles. The summed E-state index contributed by atoms with van der Waals surface area (Å²) in [7, 11) is 1.53. The number of carbonyl (C=O) groups excluding carboxylic acids is 2. The molecule has 9 nitrogen and oxygen atoms in total. The Labute approximate surface area is 204 Å². The summed E-state index contributed by atoms with van der Waals surface area (Å²) in [6.07, 6.45) is 1.75. The van der Waals surface area contributed by atoms with Crippen molar-refractivity contribution in [2.45, 2.75) is 31.5 Å². The number of aromatic nitrogens is 4. The van der Waals surface area contributed by atoms with Gasteiger partial charge >= 0.3 is 0 Å². The minimum absolute atomic E-state index is 0.0313. The summed E-state index contributed by atoms with van der Waals surface area (Å²) in [5.41, 5.74) is 1.00. The number of para-hydroxylation sites is 1. The number of thioether (sulfide) groups is 1. The lowest BCUT2D eigenvalue weighted by Crippen LogP contribution is -2.36. The van der Waals surface area contributed by atoms with Crippen molar-refractivity contribution < 1.29 is 14.0 Å². The van der Waals surface area contributed by atoms with E-state index in [9.17, 15) is 18.8 Å². The molecule has 1 N–H and O–H groups in total. The topological polar surface area (TPSA) is 102 Å². The van der Waals surface area contributed by atoms with Crippen LogP contribution in [0.2, 0.25) is 0 Å². The number of aryl methyl sites for hydroxylation is 1. The zero-order chi connectivity index (χ0) is 24.9. The molecular weight excluding hydrogens is 471 g/mol. The van der Waals surface area contributed by atoms with Crippen molar-refractivity contribution in [1.82, 2.24) is 24.1 Å². The lowest BCUT2D eigenvalue weighted by molar-refractivity contribution is -0.131. The zero-order valence-electron chi connectivity index (χ0n) is 19.4. The van der Waals surface area contributed by atoms with Gasteiger partial charge < -0.3 is 10.2 Å². The number of hydrogen-bond acceptors (Lipinski definition) is 6. The average Bonchev–Trinajstić information content (AvgIpc) is 3.28. The van der Waals surface area contributed by atoms with Crippen LogP contribution in [0.5, 0.6) is 0 Å². The van der Waals surface area contributed by atoms with Gasteiger partial charge in [-0.3, -0.25) is 23.4 Å². The molecule has 2 heterocycles. The average molecular weight is 497 g/mol. The maximum absolute atomic E-state index is 13.0. The third kappa shape index (κ3) is 5.35. The third-order valence-corrected chi connectivity index (χ3v) is 6.39. The zero-order valence-corrected chi connectivity index (χ0v) is 20.2. The van der Waals surface area contributed by atoms with E-state index < -0.39 is 11.7 Å². The highest BCUT2D eigenvalue weighted by Gasteiger charge is 2.19. The standard InChI is InChI=1S/C24H25FN6O3S/c1-3-4-13-30-22(34)18-7-5-6-8-19(18)31-23(30)27-28-24(31)35-15-21(33)29(2)14-20(32)26-17-11-9-16(25)10-12-17/h5-12H,3-4,13-15H2,1-2H3,(H,26,32). The summed E-state index contributed by atoms with van der Waals surface area (Å²) in [6, 6.07) is 12.6. The molecule has 4 rings (SSSR count). The maximum Gasteiger partial charge on any atom is 0.262 e. The number of likely N-dealkylation sites (N-methyl/N-ethyl adjacent to an activating group) is 1. The van der Waals surface area contributed by atoms with Crippen LogP contribution in [0.3, 0.4) is 0 Å². The molecular formula is C24H25FN6O3S. The van der Waals surface area contributed by atoms with Crippen molar-refractivity contribution in [2.75, 3.05) is 24.7 Å². The quantitative estimate of drug-likeness (QED) is 0.357. The van der Waals surface area contributed by atoms with Gasteiger partial charge in [-0.05, 0) is 42.8 Å². The molecule has 0 radical (unpaired) electrons. The Hall–Kier alpha value is -3.73. The number of anilines is 1. The van der Waals surface area contributed by atoms with Crippen LogP contribution in [0.25, 0.3) is 16.7 Å². The van der Waals surface area contributed by atoms with E-state index in [1.54, 1.807) is 15.0 Å². The van der Waals surface area contributed by atoms with Crippen LogP contribution in [-0.4, -0.2) is 55.2 Å². The second-order valence-electron chi connectivity index (χ2n) is 8.04. The van der Waals surface area contributed by atoms with Crippen LogP contribution < -0.4 is 10.9 Å². The Morgan fingerprint density at radius 1 is 1.11 bits per heavy atom. The molecule has 2 amide bonds. The van der Waals surface area contributed by atoms with Crippen LogP contribution in [0.1, 0.15) is 19.8 Å². The number of rotatable bonds is 9. The van der Waals surface area contributed by atoms with Gasteiger partial charge in [-0.25, -0.2) is 4.39 Å². The molecule has 0 fully saturated rings. The highest BCUT2D eigenvalue weighted by atomic mass is 32.2. The Balaban J connectivity index is 1.49. The van der Waals surface area contributed by atoms with Crippen LogP contribution in [0, 0.1) is 5.82 Å². The van der Waals surface area contributed by atoms with Crippen molar-refractivity contribution in [3.63, 3.8) is 0 Å². The first-order valence-corrected chi connectivity index (χ1v) is 12.2. The summed E-state index contributed by atoms with van der Waals surface area (Å²) in [6.45, 7) is 2.42. The summed E-state index contributed by atoms with van der Waals surface area (Å²) >= 11 is 1.19. The molecule has 0 spiro atoms. The molecule has 0 atom stereocenters. The summed E-state index contributed by atoms with van der Waals surface area (Å²) < 4.78 is 16.4. The second-order valence-corrected chi connectivity index (χ2v) is 8.98. The Bertz CT molecular complexity index is 1430. The highest BCUT2D eigenvalue weighted by molar-refractivity contribution is 7.99. The largest absolute Gasteiger partial charge is 0.336 e. The van der Waals surface area contributed by atoms with Gasteiger partial charge in [0.1, 0.15) is 5.82 Å². The number of fused-ring (bicyclic) bond motifs is 3. The van der Waals surface area contributed by atoms with Crippen molar-refractivity contribution >= 4 is 45.9 Å². The van der Waals surface area contributed by atoms with Crippen molar-refractivity contribution in [1.29, 1.82) is 0 Å². The van der Waals surface area contributed by atoms with Crippen LogP contribution in [0.4, 0.5) is 10.1 Å². The van der Waals surface area contributed by atoms with Crippen LogP contribution >= 0.6 is 11.8 Å². The molecule has 2 aromatic carbocycles. The van der Waals surface area contributed by atoms with Crippen molar-refractivity contribution in [3.05, 3.63) is 64.7 Å². The fourth-order valence-corrected chi connectivity index (χ4v) is 4.50. The number of halogens is 1. The first-order chi connectivity index (χ1) is 16.9. The first-order valence-electron chi connectivity index (χ1n) is 11.2. The van der Waals surface area contributed by atoms with E-state index in [2.05, 4.69) is 22.4 Å². The normalized spacial score (nSPS) is 11.2. The summed E-state index contributed by atoms with van der Waals surface area (Å²) in [4.78, 5) is 39.3. The Kier molecular flexibility index (Phi) is 7.45. The fourth-order valence-electron chi connectivity index (χ4n) is 3.62. The molecule has 0 bridgehead atoms. The van der Waals surface area contributed by atoms with E-state index in [-0.39, 0.29) is 23.8 Å². The predicted molar refractivity (Wildman–Crippen MR) is 133 cm³/mol. The number of benzene rings is 2. The highest BCUT2D eigenvalue weighted by Crippen LogP contribution is 2.22. The number of nitrogens with zero attached hydrogens (tertiary/aromatic N) is 5. The second kappa shape index (κ2) is 10.7. The van der Waals surface area contributed by atoms with E-state index in [0.29, 0.717) is 34.1 Å². The molecule has 2 aromatic heterocycles. The molecule has 0 aliphatic carbocycles. The third-order valence-electron chi connectivity index (χ3n) is 5.47. The summed E-state index contributed by atoms with van der Waals surface area (Å²) in [5.74, 6) is -0.600. The van der Waals surface area contributed by atoms with E-state index in [0.717, 1.165) is 12.8 Å². The molecule has 0 unspecified atom stereocenters. The lowest BCUT2D eigenvalue weighted by atomic mass is 10.2. The Morgan fingerprint density at radius 2 is 1.86 bits per heavy atom. The van der Waals surface area contributed by atoms with E-state index in [1.165, 1.54) is 48.0 Å². The van der Waals surface area contributed by atoms with Gasteiger partial charge in [-0.15, -0.1) is 10.2 Å². The van der Waals surface area contributed by atoms with Crippen LogP contribution in [-0.2, 0) is 16.1 Å². The molecule has 35 heavy (non-hydrogen) atoms. The van der Waals surface area contributed by atoms with Gasteiger partial charge in [-0.2, -0.15) is 0 Å². The number of amides is 2. The maximum atomic E-state index is 13.0. The van der Waals surface area contributed by atoms with E-state index >= 15 is 0 Å². The smallest absolute Gasteiger partial charge is 0.262 e. The van der Waals surface area contributed by atoms with Gasteiger partial charge in [0.05, 0.1) is 23.2 Å². The van der Waals surface area contributed by atoms with Gasteiger partial charge in [0.2, 0.25) is 17.6 Å². The van der Waals surface area contributed by atoms with Gasteiger partial charge in [-0.1, -0.05) is 37.2 Å². The predicted octanol–water partition coefficient (Wildman–Crippen LogP) is 3.17. The van der Waals surface area contributed by atoms with Crippen molar-refractivity contribution in [2.24, 2.45) is 0 Å². The molecule has 0 aliphatic rings. The molecule has 4 aromatic rings. The van der Waals surface area contributed by atoms with E-state index in [4.69, 9.17) is 0 Å². The molecule has 0 saturated heterocycles. The minimum atomic E-state index is -0.400. The van der Waals surface area contributed by atoms with Crippen LogP contribution in [0.15, 0.2) is 58.5 Å². The first kappa shape index (κ1) is 24.4.